The summed E-state index contributed by atoms with van der Waals surface area (Å²) in [5.74, 6) is 0.162. The van der Waals surface area contributed by atoms with Crippen molar-refractivity contribution in [1.29, 1.82) is 0 Å². The van der Waals surface area contributed by atoms with E-state index in [0.717, 1.165) is 0 Å². The molecule has 0 saturated heterocycles. The Morgan fingerprint density at radius 2 is 1.92 bits per heavy atom. The van der Waals surface area contributed by atoms with E-state index < -0.39 is 17.9 Å². The number of carbonyl (C=O) groups excluding carboxylic acids is 2. The van der Waals surface area contributed by atoms with Gasteiger partial charge in [-0.3, -0.25) is 25.3 Å². The number of rotatable bonds is 5. The summed E-state index contributed by atoms with van der Waals surface area (Å²) in [5, 5.41) is 3.21. The van der Waals surface area contributed by atoms with Gasteiger partial charge in [0.25, 0.3) is 5.91 Å². The summed E-state index contributed by atoms with van der Waals surface area (Å²) in [4.78, 5) is 35.5. The maximum atomic E-state index is 13.4. The third-order valence-electron chi connectivity index (χ3n) is 5.43. The molecule has 3 heterocycles. The molecule has 1 aromatic heterocycles. The summed E-state index contributed by atoms with van der Waals surface area (Å²) in [6.45, 7) is 3.76. The van der Waals surface area contributed by atoms with Crippen LogP contribution in [0, 0.1) is 0 Å². The summed E-state index contributed by atoms with van der Waals surface area (Å²) in [6, 6.07) is 16.4. The van der Waals surface area contributed by atoms with Crippen molar-refractivity contribution in [2.24, 2.45) is 10.7 Å². The van der Waals surface area contributed by atoms with Gasteiger partial charge >= 0.3 is 11.6 Å². The number of nitrogens with zero attached hydrogens (tertiary/aromatic N) is 2. The first-order valence-corrected chi connectivity index (χ1v) is 11.6. The average molecular weight is 506 g/mol. The number of hydrogen-bond donors (Lipinski definition) is 4. The fourth-order valence-corrected chi connectivity index (χ4v) is 3.65. The molecule has 0 spiro atoms. The molecule has 2 aliphatic heterocycles. The van der Waals surface area contributed by atoms with Gasteiger partial charge in [0, 0.05) is 28.1 Å². The Morgan fingerprint density at radius 3 is 2.65 bits per heavy atom. The molecule has 4 bridgehead atoms. The van der Waals surface area contributed by atoms with E-state index in [4.69, 9.17) is 20.0 Å². The highest BCUT2D eigenvalue weighted by Crippen LogP contribution is 2.33. The second-order valence-electron chi connectivity index (χ2n) is 8.38. The van der Waals surface area contributed by atoms with Gasteiger partial charge < -0.3 is 20.5 Å². The third-order valence-corrected chi connectivity index (χ3v) is 5.43. The van der Waals surface area contributed by atoms with E-state index in [1.807, 2.05) is 13.8 Å². The van der Waals surface area contributed by atoms with Gasteiger partial charge in [-0.05, 0) is 61.9 Å². The Hall–Kier alpha value is -4.80. The summed E-state index contributed by atoms with van der Waals surface area (Å²) in [5.41, 5.74) is 13.2. The fraction of sp³-hybridized carbons (Fsp3) is 0.231. The van der Waals surface area contributed by atoms with Crippen LogP contribution in [0.15, 0.2) is 71.9 Å². The molecule has 0 radical (unpaired) electrons. The van der Waals surface area contributed by atoms with E-state index >= 15 is 0 Å². The van der Waals surface area contributed by atoms with Gasteiger partial charge in [-0.25, -0.2) is 4.99 Å². The number of carbonyl (C=O) groups is 2. The summed E-state index contributed by atoms with van der Waals surface area (Å²) >= 11 is 0. The van der Waals surface area contributed by atoms with Crippen molar-refractivity contribution in [3.63, 3.8) is 0 Å². The van der Waals surface area contributed by atoms with Crippen molar-refractivity contribution in [2.75, 3.05) is 19.2 Å². The van der Waals surface area contributed by atoms with E-state index in [9.17, 15) is 9.59 Å². The number of aliphatic imine (C=N–C) groups is 1. The lowest BCUT2D eigenvalue weighted by Gasteiger charge is -2.22. The number of benzene rings is 2. The number of hydrogen-bond acceptors (Lipinski definition) is 8. The molecule has 11 nitrogen and oxygen atoms in total. The molecular weight excluding hydrogens is 476 g/mol. The molecule has 0 fully saturated rings. The molecule has 2 aliphatic rings. The normalized spacial score (nSPS) is 16.0. The molecule has 2 amide bonds. The monoisotopic (exact) mass is 505 g/mol. The summed E-state index contributed by atoms with van der Waals surface area (Å²) in [6.07, 6.45) is 1.48. The zero-order chi connectivity index (χ0) is 26.4. The van der Waals surface area contributed by atoms with E-state index in [0.29, 0.717) is 34.1 Å². The lowest BCUT2D eigenvalue weighted by Crippen LogP contribution is -2.52. The lowest BCUT2D eigenvalue weighted by molar-refractivity contribution is -0.886. The second-order valence-corrected chi connectivity index (χ2v) is 8.38. The van der Waals surface area contributed by atoms with Gasteiger partial charge in [0.2, 0.25) is 6.20 Å². The molecule has 2 aromatic carbocycles. The molecule has 1 atom stereocenters. The number of pyridine rings is 1. The highest BCUT2D eigenvalue weighted by Gasteiger charge is 2.26. The third kappa shape index (κ3) is 6.07. The van der Waals surface area contributed by atoms with Crippen LogP contribution < -0.4 is 40.9 Å². The smallest absolute Gasteiger partial charge is 0.339 e. The fourth-order valence-electron chi connectivity index (χ4n) is 3.65. The molecule has 0 aliphatic carbocycles. The second kappa shape index (κ2) is 11.3. The molecule has 3 aromatic rings. The highest BCUT2D eigenvalue weighted by atomic mass is 16.6. The Balaban J connectivity index is 1.64. The predicted octanol–water partition coefficient (Wildman–Crippen LogP) is 1.49. The number of fused-ring (bicyclic) bond motifs is 5. The maximum Gasteiger partial charge on any atom is 0.339 e. The number of nitrogens with one attached hydrogen (secondary N) is 3. The Kier molecular flexibility index (Phi) is 7.72. The first-order valence-electron chi connectivity index (χ1n) is 11.6. The van der Waals surface area contributed by atoms with Crippen LogP contribution in [0.5, 0.6) is 11.5 Å². The van der Waals surface area contributed by atoms with E-state index in [1.54, 1.807) is 66.9 Å². The van der Waals surface area contributed by atoms with Crippen LogP contribution in [0.1, 0.15) is 41.5 Å². The van der Waals surface area contributed by atoms with Crippen molar-refractivity contribution in [2.45, 2.75) is 26.0 Å². The van der Waals surface area contributed by atoms with Crippen LogP contribution in [0.25, 0.3) is 0 Å². The van der Waals surface area contributed by atoms with Gasteiger partial charge in [0.1, 0.15) is 19.0 Å². The summed E-state index contributed by atoms with van der Waals surface area (Å²) in [7, 11) is 1.43. The van der Waals surface area contributed by atoms with Gasteiger partial charge in [-0.2, -0.15) is 0 Å². The molecule has 1 unspecified atom stereocenters. The zero-order valence-electron chi connectivity index (χ0n) is 20.7. The van der Waals surface area contributed by atoms with Crippen LogP contribution >= 0.6 is 0 Å². The highest BCUT2D eigenvalue weighted by molar-refractivity contribution is 5.98. The molecule has 5 N–H and O–H groups in total. The van der Waals surface area contributed by atoms with Crippen molar-refractivity contribution in [3.8, 4) is 11.5 Å². The number of aromatic nitrogens is 1. The molecular formula is C26H29N6O5+. The Morgan fingerprint density at radius 1 is 1.14 bits per heavy atom. The molecule has 192 valence electrons. The van der Waals surface area contributed by atoms with Crippen LogP contribution in [0.4, 0.5) is 5.69 Å². The van der Waals surface area contributed by atoms with E-state index in [1.165, 1.54) is 11.8 Å². The van der Waals surface area contributed by atoms with Crippen LogP contribution in [-0.2, 0) is 4.79 Å². The number of amides is 2. The standard InChI is InChI=1S/C26H28N6O5/c1-16(2)37-21-12-9-18-14-22(21)36-15-28-24(27)17-7-10-19(11-8-17)29-23(18)26(34)31-30-25(33)20-6-4-5-13-32(20)35-3/h4-14,16,23H,15H2,1-3H3,(H4,27,28,29,33)/p+1. The summed E-state index contributed by atoms with van der Waals surface area (Å²) < 4.78 is 13.0. The number of hydrazine groups is 1. The van der Waals surface area contributed by atoms with E-state index in [2.05, 4.69) is 21.2 Å². The maximum absolute atomic E-state index is 13.4. The Labute approximate surface area is 214 Å². The van der Waals surface area contributed by atoms with Crippen molar-refractivity contribution in [1.82, 2.24) is 10.9 Å². The number of ether oxygens (including phenoxy) is 2. The zero-order valence-corrected chi connectivity index (χ0v) is 20.7. The minimum Gasteiger partial charge on any atom is -0.487 e. The molecule has 0 saturated carbocycles. The van der Waals surface area contributed by atoms with Crippen molar-refractivity contribution >= 4 is 23.3 Å². The number of amidine groups is 1. The predicted molar refractivity (Wildman–Crippen MR) is 136 cm³/mol. The SMILES string of the molecule is CO[n+]1ccccc1C(=O)NNC(=O)C1Nc2ccc(cc2)/C(N)=N\COc2cc1ccc2OC(C)C. The van der Waals surface area contributed by atoms with E-state index in [-0.39, 0.29) is 18.5 Å². The molecule has 37 heavy (non-hydrogen) atoms. The molecule has 5 rings (SSSR count). The van der Waals surface area contributed by atoms with Gasteiger partial charge in [0.15, 0.2) is 18.2 Å². The first-order chi connectivity index (χ1) is 17.9. The van der Waals surface area contributed by atoms with Crippen LogP contribution in [-0.4, -0.2) is 37.6 Å². The minimum absolute atomic E-state index is 0.0393. The quantitative estimate of drug-likeness (QED) is 0.304. The van der Waals surface area contributed by atoms with Gasteiger partial charge in [-0.15, -0.1) is 0 Å². The van der Waals surface area contributed by atoms with Crippen LogP contribution in [0.3, 0.4) is 0 Å². The lowest BCUT2D eigenvalue weighted by atomic mass is 10.0. The largest absolute Gasteiger partial charge is 0.487 e. The molecule has 11 heteroatoms. The number of anilines is 1. The number of nitrogens with two attached hydrogens (primary N) is 1. The van der Waals surface area contributed by atoms with Crippen LogP contribution in [0.2, 0.25) is 0 Å². The Bertz CT molecular complexity index is 1310. The average Bonchev–Trinajstić information content (AvgIpc) is 2.92. The van der Waals surface area contributed by atoms with Gasteiger partial charge in [-0.1, -0.05) is 6.07 Å². The van der Waals surface area contributed by atoms with Gasteiger partial charge in [0.05, 0.1) is 6.10 Å². The minimum atomic E-state index is -0.897. The topological polar surface area (TPSA) is 140 Å². The van der Waals surface area contributed by atoms with Crippen molar-refractivity contribution < 1.29 is 28.6 Å². The first kappa shape index (κ1) is 25.3. The van der Waals surface area contributed by atoms with Crippen molar-refractivity contribution in [3.05, 3.63) is 83.7 Å².